The summed E-state index contributed by atoms with van der Waals surface area (Å²) >= 11 is 0. The van der Waals surface area contributed by atoms with Gasteiger partial charge in [-0.2, -0.15) is 0 Å². The van der Waals surface area contributed by atoms with Gasteiger partial charge in [-0.25, -0.2) is 0 Å². The quantitative estimate of drug-likeness (QED) is 0.803. The van der Waals surface area contributed by atoms with E-state index in [0.717, 1.165) is 48.1 Å². The Bertz CT molecular complexity index is 852. The van der Waals surface area contributed by atoms with E-state index in [2.05, 4.69) is 34.7 Å². The van der Waals surface area contributed by atoms with Crippen LogP contribution in [-0.2, 0) is 14.4 Å². The maximum absolute atomic E-state index is 12.7. The molecule has 0 spiro atoms. The maximum Gasteiger partial charge on any atom is 0.264 e. The van der Waals surface area contributed by atoms with Crippen molar-refractivity contribution in [1.29, 1.82) is 0 Å². The van der Waals surface area contributed by atoms with E-state index in [1.54, 1.807) is 0 Å². The second kappa shape index (κ2) is 9.37. The largest absolute Gasteiger partial charge is 0.382 e. The maximum atomic E-state index is 12.7. The molecule has 2 aliphatic heterocycles. The molecule has 4 rings (SSSR count). The van der Waals surface area contributed by atoms with Crippen LogP contribution in [0.2, 0.25) is 0 Å². The molecule has 2 heterocycles. The minimum Gasteiger partial charge on any atom is -0.382 e. The van der Waals surface area contributed by atoms with E-state index in [1.807, 2.05) is 18.2 Å². The van der Waals surface area contributed by atoms with Gasteiger partial charge in [-0.15, -0.1) is 12.4 Å². The standard InChI is InChI=1S/C21H25N3O3.ClH/c22-13-19(17-6-5-14-3-1-2-4-16(14)11-17)23-21(25)20-12-18(24-27-20)15-7-9-26-10-8-15;/h1-6,11,15,19-20H,7-10,12-13,22H2,(H,23,25);1H. The highest BCUT2D eigenvalue weighted by molar-refractivity contribution is 5.94. The summed E-state index contributed by atoms with van der Waals surface area (Å²) in [6, 6.07) is 14.0. The molecule has 2 aromatic rings. The van der Waals surface area contributed by atoms with Gasteiger partial charge >= 0.3 is 0 Å². The molecule has 1 saturated heterocycles. The molecule has 7 heteroatoms. The predicted molar refractivity (Wildman–Crippen MR) is 112 cm³/mol. The number of oxime groups is 1. The summed E-state index contributed by atoms with van der Waals surface area (Å²) in [5.74, 6) is 0.201. The van der Waals surface area contributed by atoms with Crippen molar-refractivity contribution >= 4 is 34.8 Å². The first-order chi connectivity index (χ1) is 13.2. The lowest BCUT2D eigenvalue weighted by atomic mass is 9.91. The third-order valence-corrected chi connectivity index (χ3v) is 5.40. The molecule has 0 aliphatic carbocycles. The van der Waals surface area contributed by atoms with Crippen molar-refractivity contribution in [2.24, 2.45) is 16.8 Å². The van der Waals surface area contributed by atoms with E-state index in [4.69, 9.17) is 15.3 Å². The Hall–Kier alpha value is -2.15. The number of hydrogen-bond acceptors (Lipinski definition) is 5. The second-order valence-corrected chi connectivity index (χ2v) is 7.17. The van der Waals surface area contributed by atoms with Gasteiger partial charge in [0.15, 0.2) is 0 Å². The van der Waals surface area contributed by atoms with Crippen LogP contribution in [0.25, 0.3) is 10.8 Å². The molecule has 0 saturated carbocycles. The predicted octanol–water partition coefficient (Wildman–Crippen LogP) is 2.95. The lowest BCUT2D eigenvalue weighted by Gasteiger charge is -2.21. The minimum absolute atomic E-state index is 0. The number of rotatable bonds is 5. The number of carbonyl (C=O) groups excluding carboxylic acids is 1. The average molecular weight is 404 g/mol. The number of nitrogens with two attached hydrogens (primary N) is 1. The molecule has 2 unspecified atom stereocenters. The summed E-state index contributed by atoms with van der Waals surface area (Å²) in [5.41, 5.74) is 7.92. The lowest BCUT2D eigenvalue weighted by Crippen LogP contribution is -2.40. The van der Waals surface area contributed by atoms with Crippen molar-refractivity contribution < 1.29 is 14.4 Å². The molecule has 2 atom stereocenters. The summed E-state index contributed by atoms with van der Waals surface area (Å²) in [6.07, 6.45) is 1.86. The number of halogens is 1. The SMILES string of the molecule is Cl.NCC(NC(=O)C1CC(C2CCOCC2)=NO1)c1ccc2ccccc2c1. The zero-order chi connectivity index (χ0) is 18.6. The molecular formula is C21H26ClN3O3. The van der Waals surface area contributed by atoms with Crippen molar-refractivity contribution in [2.75, 3.05) is 19.8 Å². The molecule has 6 nitrogen and oxygen atoms in total. The van der Waals surface area contributed by atoms with E-state index in [1.165, 1.54) is 0 Å². The van der Waals surface area contributed by atoms with Crippen LogP contribution in [0.5, 0.6) is 0 Å². The summed E-state index contributed by atoms with van der Waals surface area (Å²) in [6.45, 7) is 1.82. The van der Waals surface area contributed by atoms with Crippen molar-refractivity contribution in [2.45, 2.75) is 31.4 Å². The van der Waals surface area contributed by atoms with Crippen LogP contribution in [0.3, 0.4) is 0 Å². The Morgan fingerprint density at radius 2 is 1.93 bits per heavy atom. The third-order valence-electron chi connectivity index (χ3n) is 5.40. The van der Waals surface area contributed by atoms with Crippen LogP contribution in [0.15, 0.2) is 47.6 Å². The highest BCUT2D eigenvalue weighted by Crippen LogP contribution is 2.25. The molecular weight excluding hydrogens is 378 g/mol. The Kier molecular flexibility index (Phi) is 6.88. The van der Waals surface area contributed by atoms with Crippen LogP contribution in [-0.4, -0.2) is 37.5 Å². The normalized spacial score (nSPS) is 20.8. The van der Waals surface area contributed by atoms with Gasteiger partial charge in [-0.05, 0) is 35.2 Å². The van der Waals surface area contributed by atoms with Gasteiger partial charge in [0, 0.05) is 32.1 Å². The van der Waals surface area contributed by atoms with Crippen LogP contribution >= 0.6 is 12.4 Å². The first-order valence-electron chi connectivity index (χ1n) is 9.54. The Labute approximate surface area is 170 Å². The van der Waals surface area contributed by atoms with E-state index >= 15 is 0 Å². The van der Waals surface area contributed by atoms with E-state index in [-0.39, 0.29) is 24.4 Å². The fourth-order valence-electron chi connectivity index (χ4n) is 3.78. The monoisotopic (exact) mass is 403 g/mol. The molecule has 28 heavy (non-hydrogen) atoms. The van der Waals surface area contributed by atoms with Gasteiger partial charge in [-0.3, -0.25) is 4.79 Å². The number of ether oxygens (including phenoxy) is 1. The molecule has 1 fully saturated rings. The van der Waals surface area contributed by atoms with Crippen LogP contribution in [0, 0.1) is 5.92 Å². The topological polar surface area (TPSA) is 85.9 Å². The van der Waals surface area contributed by atoms with Gasteiger partial charge in [0.25, 0.3) is 5.91 Å². The number of carbonyl (C=O) groups is 1. The van der Waals surface area contributed by atoms with Crippen LogP contribution in [0.1, 0.15) is 30.9 Å². The molecule has 0 aromatic heterocycles. The lowest BCUT2D eigenvalue weighted by molar-refractivity contribution is -0.131. The molecule has 0 radical (unpaired) electrons. The summed E-state index contributed by atoms with van der Waals surface area (Å²) in [5, 5.41) is 9.50. The number of fused-ring (bicyclic) bond motifs is 1. The minimum atomic E-state index is -0.572. The van der Waals surface area contributed by atoms with Gasteiger partial charge < -0.3 is 20.6 Å². The van der Waals surface area contributed by atoms with Crippen molar-refractivity contribution in [3.8, 4) is 0 Å². The summed E-state index contributed by atoms with van der Waals surface area (Å²) in [7, 11) is 0. The smallest absolute Gasteiger partial charge is 0.264 e. The molecule has 1 amide bonds. The van der Waals surface area contributed by atoms with E-state index < -0.39 is 6.10 Å². The number of hydrogen-bond donors (Lipinski definition) is 2. The van der Waals surface area contributed by atoms with Crippen molar-refractivity contribution in [3.63, 3.8) is 0 Å². The van der Waals surface area contributed by atoms with E-state index in [0.29, 0.717) is 18.9 Å². The highest BCUT2D eigenvalue weighted by Gasteiger charge is 2.33. The molecule has 0 bridgehead atoms. The fraction of sp³-hybridized carbons (Fsp3) is 0.429. The zero-order valence-corrected chi connectivity index (χ0v) is 16.5. The van der Waals surface area contributed by atoms with Crippen molar-refractivity contribution in [3.05, 3.63) is 48.0 Å². The molecule has 2 aliphatic rings. The second-order valence-electron chi connectivity index (χ2n) is 7.17. The molecule has 2 aromatic carbocycles. The van der Waals surface area contributed by atoms with Crippen molar-refractivity contribution in [1.82, 2.24) is 5.32 Å². The molecule has 3 N–H and O–H groups in total. The number of nitrogens with zero attached hydrogens (tertiary/aromatic N) is 1. The Balaban J connectivity index is 0.00000225. The number of benzene rings is 2. The molecule has 150 valence electrons. The first kappa shape index (κ1) is 20.6. The fourth-order valence-corrected chi connectivity index (χ4v) is 3.78. The average Bonchev–Trinajstić information content (AvgIpc) is 3.22. The third kappa shape index (κ3) is 4.46. The van der Waals surface area contributed by atoms with Crippen LogP contribution < -0.4 is 11.1 Å². The van der Waals surface area contributed by atoms with Gasteiger partial charge in [-0.1, -0.05) is 41.6 Å². The number of nitrogens with one attached hydrogen (secondary N) is 1. The van der Waals surface area contributed by atoms with Gasteiger partial charge in [0.1, 0.15) is 0 Å². The summed E-state index contributed by atoms with van der Waals surface area (Å²) < 4.78 is 5.39. The zero-order valence-electron chi connectivity index (χ0n) is 15.7. The first-order valence-corrected chi connectivity index (χ1v) is 9.54. The number of amides is 1. The van der Waals surface area contributed by atoms with E-state index in [9.17, 15) is 4.79 Å². The van der Waals surface area contributed by atoms with Gasteiger partial charge in [0.05, 0.1) is 11.8 Å². The van der Waals surface area contributed by atoms with Crippen LogP contribution in [0.4, 0.5) is 0 Å². The Morgan fingerprint density at radius 1 is 1.18 bits per heavy atom. The highest BCUT2D eigenvalue weighted by atomic mass is 35.5. The Morgan fingerprint density at radius 3 is 2.68 bits per heavy atom. The van der Waals surface area contributed by atoms with Gasteiger partial charge in [0.2, 0.25) is 6.10 Å². The summed E-state index contributed by atoms with van der Waals surface area (Å²) in [4.78, 5) is 18.1.